The van der Waals surface area contributed by atoms with Gasteiger partial charge in [-0.25, -0.2) is 9.37 Å². The average Bonchev–Trinajstić information content (AvgIpc) is 3.53. The highest BCUT2D eigenvalue weighted by molar-refractivity contribution is 7.24. The van der Waals surface area contributed by atoms with E-state index in [1.807, 2.05) is 33.6 Å². The zero-order valence-electron chi connectivity index (χ0n) is 21.2. The van der Waals surface area contributed by atoms with Crippen LogP contribution < -0.4 is 15.6 Å². The Morgan fingerprint density at radius 1 is 1.26 bits per heavy atom. The van der Waals surface area contributed by atoms with Crippen LogP contribution >= 0.6 is 11.3 Å². The number of amides is 1. The molecular formula is C27H30FN5O4S. The van der Waals surface area contributed by atoms with Crippen LogP contribution in [0.2, 0.25) is 0 Å². The van der Waals surface area contributed by atoms with Crippen LogP contribution in [0.15, 0.2) is 35.1 Å². The van der Waals surface area contributed by atoms with Crippen LogP contribution in [0.1, 0.15) is 23.2 Å². The van der Waals surface area contributed by atoms with E-state index in [1.54, 1.807) is 7.11 Å². The highest BCUT2D eigenvalue weighted by atomic mass is 32.1. The number of carbonyl (C=O) groups excluding carboxylic acids is 1. The van der Waals surface area contributed by atoms with Crippen molar-refractivity contribution in [2.75, 3.05) is 64.6 Å². The molecule has 0 saturated carbocycles. The summed E-state index contributed by atoms with van der Waals surface area (Å²) in [5.74, 6) is -0.848. The fraction of sp³-hybridized carbons (Fsp3) is 0.444. The molecule has 38 heavy (non-hydrogen) atoms. The fourth-order valence-electron chi connectivity index (χ4n) is 5.57. The highest BCUT2D eigenvalue weighted by Gasteiger charge is 2.27. The third-order valence-electron chi connectivity index (χ3n) is 7.43. The van der Waals surface area contributed by atoms with Crippen molar-refractivity contribution in [1.29, 1.82) is 0 Å². The number of likely N-dealkylation sites (tertiary alicyclic amines) is 1. The maximum absolute atomic E-state index is 15.3. The SMILES string of the molecule is COC[C@@H]1CCCN1CCNC(=O)c1c(=O)c2cc(F)c(N3CCOCC3)nc2n2c1sc1ccccc12. The van der Waals surface area contributed by atoms with Crippen LogP contribution in [0.4, 0.5) is 10.2 Å². The number of halogens is 1. The Bertz CT molecular complexity index is 1560. The molecule has 1 amide bonds. The first kappa shape index (κ1) is 25.2. The van der Waals surface area contributed by atoms with Gasteiger partial charge in [0.1, 0.15) is 10.4 Å². The smallest absolute Gasteiger partial charge is 0.258 e. The monoisotopic (exact) mass is 539 g/mol. The van der Waals surface area contributed by atoms with Crippen molar-refractivity contribution in [1.82, 2.24) is 19.6 Å². The van der Waals surface area contributed by atoms with Gasteiger partial charge in [0.05, 0.1) is 35.4 Å². The highest BCUT2D eigenvalue weighted by Crippen LogP contribution is 2.32. The number of pyridine rings is 2. The molecule has 2 fully saturated rings. The lowest BCUT2D eigenvalue weighted by Gasteiger charge is -2.28. The van der Waals surface area contributed by atoms with Crippen molar-refractivity contribution < 1.29 is 18.7 Å². The summed E-state index contributed by atoms with van der Waals surface area (Å²) >= 11 is 1.36. The Kier molecular flexibility index (Phi) is 7.00. The van der Waals surface area contributed by atoms with E-state index < -0.39 is 17.2 Å². The number of fused-ring (bicyclic) bond motifs is 5. The number of aromatic nitrogens is 2. The molecule has 4 aromatic rings. The number of methoxy groups -OCH3 is 1. The molecule has 1 atom stereocenters. The molecule has 5 heterocycles. The number of hydrogen-bond acceptors (Lipinski definition) is 8. The van der Waals surface area contributed by atoms with Crippen LogP contribution in [0.25, 0.3) is 26.1 Å². The predicted octanol–water partition coefficient (Wildman–Crippen LogP) is 2.88. The molecule has 1 aromatic carbocycles. The first-order valence-corrected chi connectivity index (χ1v) is 13.8. The van der Waals surface area contributed by atoms with E-state index in [1.165, 1.54) is 17.4 Å². The van der Waals surface area contributed by atoms with Crippen LogP contribution in [-0.2, 0) is 9.47 Å². The van der Waals surface area contributed by atoms with Crippen molar-refractivity contribution in [2.24, 2.45) is 0 Å². The summed E-state index contributed by atoms with van der Waals surface area (Å²) in [6, 6.07) is 9.25. The summed E-state index contributed by atoms with van der Waals surface area (Å²) < 4.78 is 28.8. The van der Waals surface area contributed by atoms with Gasteiger partial charge >= 0.3 is 0 Å². The van der Waals surface area contributed by atoms with E-state index in [0.717, 1.165) is 29.6 Å². The largest absolute Gasteiger partial charge is 0.383 e. The zero-order valence-corrected chi connectivity index (χ0v) is 22.1. The maximum atomic E-state index is 15.3. The van der Waals surface area contributed by atoms with Gasteiger partial charge in [-0.05, 0) is 37.6 Å². The van der Waals surface area contributed by atoms with E-state index in [4.69, 9.17) is 9.47 Å². The average molecular weight is 540 g/mol. The van der Waals surface area contributed by atoms with Gasteiger partial charge in [-0.3, -0.25) is 18.9 Å². The second-order valence-electron chi connectivity index (χ2n) is 9.72. The van der Waals surface area contributed by atoms with Gasteiger partial charge in [0.15, 0.2) is 17.3 Å². The summed E-state index contributed by atoms with van der Waals surface area (Å²) in [6.45, 7) is 4.69. The third-order valence-corrected chi connectivity index (χ3v) is 8.58. The van der Waals surface area contributed by atoms with Crippen molar-refractivity contribution in [2.45, 2.75) is 18.9 Å². The van der Waals surface area contributed by atoms with Crippen molar-refractivity contribution in [3.8, 4) is 0 Å². The molecule has 0 radical (unpaired) electrons. The molecule has 0 bridgehead atoms. The van der Waals surface area contributed by atoms with Crippen LogP contribution in [-0.4, -0.2) is 85.9 Å². The second-order valence-corrected chi connectivity index (χ2v) is 10.8. The number of anilines is 1. The Labute approximate surface area is 222 Å². The Hall–Kier alpha value is -3.12. The standard InChI is InChI=1S/C27H30FN5O4S/c1-36-16-17-5-4-9-31(17)10-8-29-26(35)22-23(34)18-15-19(28)25(32-11-13-37-14-12-32)30-24(18)33-20-6-2-3-7-21(20)38-27(22)33/h2-3,6-7,15,17H,4-5,8-14,16H2,1H3,(H,29,35)/t17-/m0/s1. The maximum Gasteiger partial charge on any atom is 0.258 e. The number of morpholine rings is 1. The van der Waals surface area contributed by atoms with Gasteiger partial charge in [-0.15, -0.1) is 11.3 Å². The Morgan fingerprint density at radius 2 is 2.08 bits per heavy atom. The number of carbonyl (C=O) groups is 1. The van der Waals surface area contributed by atoms with Crippen molar-refractivity contribution in [3.05, 3.63) is 51.9 Å². The molecule has 0 aliphatic carbocycles. The molecular weight excluding hydrogens is 509 g/mol. The Balaban J connectivity index is 1.42. The molecule has 0 spiro atoms. The molecule has 9 nitrogen and oxygen atoms in total. The molecule has 11 heteroatoms. The van der Waals surface area contributed by atoms with Gasteiger partial charge in [-0.1, -0.05) is 12.1 Å². The lowest BCUT2D eigenvalue weighted by Crippen LogP contribution is -2.40. The molecule has 2 aliphatic heterocycles. The van der Waals surface area contributed by atoms with Crippen LogP contribution in [0.3, 0.4) is 0 Å². The number of rotatable bonds is 7. The number of nitrogens with one attached hydrogen (secondary N) is 1. The third kappa shape index (κ3) is 4.43. The summed E-state index contributed by atoms with van der Waals surface area (Å²) in [4.78, 5) is 36.5. The minimum Gasteiger partial charge on any atom is -0.383 e. The number of benzene rings is 1. The normalized spacial score (nSPS) is 18.7. The van der Waals surface area contributed by atoms with Gasteiger partial charge < -0.3 is 19.7 Å². The summed E-state index contributed by atoms with van der Waals surface area (Å²) in [5, 5.41) is 3.03. The lowest BCUT2D eigenvalue weighted by molar-refractivity contribution is 0.0932. The van der Waals surface area contributed by atoms with Crippen LogP contribution in [0.5, 0.6) is 0 Å². The Morgan fingerprint density at radius 3 is 2.89 bits per heavy atom. The molecule has 3 aromatic heterocycles. The first-order chi connectivity index (χ1) is 18.6. The predicted molar refractivity (Wildman–Crippen MR) is 146 cm³/mol. The van der Waals surface area contributed by atoms with E-state index in [-0.39, 0.29) is 16.8 Å². The fourth-order valence-corrected chi connectivity index (χ4v) is 6.75. The van der Waals surface area contributed by atoms with E-state index in [2.05, 4.69) is 15.2 Å². The zero-order chi connectivity index (χ0) is 26.2. The van der Waals surface area contributed by atoms with Gasteiger partial charge in [0.2, 0.25) is 5.43 Å². The second kappa shape index (κ2) is 10.6. The summed E-state index contributed by atoms with van der Waals surface area (Å²) in [5.41, 5.74) is 0.677. The topological polar surface area (TPSA) is 88.4 Å². The minimum atomic E-state index is -0.583. The molecule has 200 valence electrons. The van der Waals surface area contributed by atoms with E-state index >= 15 is 4.39 Å². The number of nitrogens with zero attached hydrogens (tertiary/aromatic N) is 4. The summed E-state index contributed by atoms with van der Waals surface area (Å²) in [7, 11) is 1.70. The van der Waals surface area contributed by atoms with Crippen molar-refractivity contribution >= 4 is 49.1 Å². The molecule has 6 rings (SSSR count). The number of para-hydroxylation sites is 1. The number of ether oxygens (including phenoxy) is 2. The van der Waals surface area contributed by atoms with E-state index in [9.17, 15) is 9.59 Å². The molecule has 2 saturated heterocycles. The minimum absolute atomic E-state index is 0.0221. The molecule has 2 aliphatic rings. The first-order valence-electron chi connectivity index (χ1n) is 13.0. The van der Waals surface area contributed by atoms with Crippen LogP contribution in [0, 0.1) is 5.82 Å². The number of thiazole rings is 1. The molecule has 0 unspecified atom stereocenters. The van der Waals surface area contributed by atoms with E-state index in [0.29, 0.717) is 62.5 Å². The van der Waals surface area contributed by atoms with Gasteiger partial charge in [-0.2, -0.15) is 0 Å². The quantitative estimate of drug-likeness (QED) is 0.386. The van der Waals surface area contributed by atoms with Crippen molar-refractivity contribution in [3.63, 3.8) is 0 Å². The summed E-state index contributed by atoms with van der Waals surface area (Å²) in [6.07, 6.45) is 2.17. The number of hydrogen-bond donors (Lipinski definition) is 1. The molecule has 1 N–H and O–H groups in total. The van der Waals surface area contributed by atoms with Gasteiger partial charge in [0.25, 0.3) is 5.91 Å². The lowest BCUT2D eigenvalue weighted by atomic mass is 10.1. The van der Waals surface area contributed by atoms with Gasteiger partial charge in [0, 0.05) is 39.3 Å².